The van der Waals surface area contributed by atoms with Crippen LogP contribution < -0.4 is 10.9 Å². The van der Waals surface area contributed by atoms with E-state index in [-0.39, 0.29) is 28.4 Å². The number of aromatic carboxylic acids is 1. The number of benzene rings is 2. The number of nitrogens with one attached hydrogen (secondary N) is 1. The van der Waals surface area contributed by atoms with Gasteiger partial charge in [0.25, 0.3) is 5.56 Å². The van der Waals surface area contributed by atoms with Gasteiger partial charge in [-0.15, -0.1) is 0 Å². The summed E-state index contributed by atoms with van der Waals surface area (Å²) in [6.07, 6.45) is 2.76. The molecule has 3 aromatic rings. The van der Waals surface area contributed by atoms with E-state index in [9.17, 15) is 19.5 Å². The van der Waals surface area contributed by atoms with Crippen molar-refractivity contribution in [1.29, 1.82) is 0 Å². The molecule has 0 saturated carbocycles. The molecule has 0 fully saturated rings. The molecule has 0 saturated heterocycles. The third-order valence-electron chi connectivity index (χ3n) is 5.46. The standard InChI is InChI=1S/C22H21N3O4/c1-13(20(26)23-18-12-6-8-14-7-2-3-9-15(14)18)25-21(27)17-11-5-4-10-16(17)19(24-25)22(28)29/h2-5,7,9-11,13,18H,6,8,12H2,1H3,(H,23,26)(H,28,29)/t13-,18+/m1/s1. The number of carboxylic acids is 1. The van der Waals surface area contributed by atoms with Crippen molar-refractivity contribution >= 4 is 22.6 Å². The van der Waals surface area contributed by atoms with Crippen molar-refractivity contribution in [3.63, 3.8) is 0 Å². The predicted molar refractivity (Wildman–Crippen MR) is 108 cm³/mol. The van der Waals surface area contributed by atoms with Crippen LogP contribution in [0.1, 0.15) is 53.5 Å². The van der Waals surface area contributed by atoms with Gasteiger partial charge in [-0.1, -0.05) is 42.5 Å². The monoisotopic (exact) mass is 391 g/mol. The summed E-state index contributed by atoms with van der Waals surface area (Å²) in [6.45, 7) is 1.55. The first-order valence-corrected chi connectivity index (χ1v) is 9.60. The minimum Gasteiger partial charge on any atom is -0.476 e. The maximum atomic E-state index is 12.9. The van der Waals surface area contributed by atoms with E-state index in [1.165, 1.54) is 5.56 Å². The molecule has 0 unspecified atom stereocenters. The zero-order valence-electron chi connectivity index (χ0n) is 16.0. The van der Waals surface area contributed by atoms with Crippen LogP contribution in [0.3, 0.4) is 0 Å². The lowest BCUT2D eigenvalue weighted by Crippen LogP contribution is -2.40. The van der Waals surface area contributed by atoms with Gasteiger partial charge in [-0.25, -0.2) is 9.48 Å². The Labute approximate surface area is 167 Å². The Balaban J connectivity index is 1.68. The molecule has 0 aliphatic heterocycles. The minimum absolute atomic E-state index is 0.134. The van der Waals surface area contributed by atoms with Crippen LogP contribution in [0.4, 0.5) is 0 Å². The van der Waals surface area contributed by atoms with E-state index < -0.39 is 17.6 Å². The number of fused-ring (bicyclic) bond motifs is 2. The van der Waals surface area contributed by atoms with Crippen LogP contribution in [0.5, 0.6) is 0 Å². The maximum absolute atomic E-state index is 12.9. The Kier molecular flexibility index (Phi) is 4.88. The Hall–Kier alpha value is -3.48. The maximum Gasteiger partial charge on any atom is 0.357 e. The zero-order chi connectivity index (χ0) is 20.5. The highest BCUT2D eigenvalue weighted by atomic mass is 16.4. The first-order valence-electron chi connectivity index (χ1n) is 9.60. The highest BCUT2D eigenvalue weighted by molar-refractivity contribution is 6.01. The van der Waals surface area contributed by atoms with E-state index in [1.807, 2.05) is 18.2 Å². The second-order valence-corrected chi connectivity index (χ2v) is 7.28. The van der Waals surface area contributed by atoms with Gasteiger partial charge in [-0.3, -0.25) is 9.59 Å². The van der Waals surface area contributed by atoms with Crippen molar-refractivity contribution in [1.82, 2.24) is 15.1 Å². The van der Waals surface area contributed by atoms with Gasteiger partial charge >= 0.3 is 5.97 Å². The fraction of sp³-hybridized carbons (Fsp3) is 0.273. The molecule has 0 spiro atoms. The van der Waals surface area contributed by atoms with Crippen molar-refractivity contribution in [2.75, 3.05) is 0 Å². The van der Waals surface area contributed by atoms with E-state index in [0.29, 0.717) is 0 Å². The van der Waals surface area contributed by atoms with Crippen LogP contribution >= 0.6 is 0 Å². The van der Waals surface area contributed by atoms with Crippen molar-refractivity contribution in [3.8, 4) is 0 Å². The van der Waals surface area contributed by atoms with Gasteiger partial charge in [0, 0.05) is 5.39 Å². The topological polar surface area (TPSA) is 101 Å². The average molecular weight is 391 g/mol. The second-order valence-electron chi connectivity index (χ2n) is 7.28. The molecule has 1 aliphatic carbocycles. The van der Waals surface area contributed by atoms with Gasteiger partial charge in [0.1, 0.15) is 6.04 Å². The van der Waals surface area contributed by atoms with E-state index in [2.05, 4.69) is 16.5 Å². The molecule has 2 atom stereocenters. The molecule has 0 radical (unpaired) electrons. The van der Waals surface area contributed by atoms with E-state index in [1.54, 1.807) is 31.2 Å². The van der Waals surface area contributed by atoms with Crippen LogP contribution in [-0.2, 0) is 11.2 Å². The summed E-state index contributed by atoms with van der Waals surface area (Å²) in [4.78, 5) is 37.4. The smallest absolute Gasteiger partial charge is 0.357 e. The Morgan fingerprint density at radius 1 is 1.14 bits per heavy atom. The van der Waals surface area contributed by atoms with Crippen molar-refractivity contribution in [3.05, 3.63) is 75.7 Å². The molecule has 7 nitrogen and oxygen atoms in total. The third-order valence-corrected chi connectivity index (χ3v) is 5.46. The van der Waals surface area contributed by atoms with Gasteiger partial charge in [0.2, 0.25) is 5.91 Å². The van der Waals surface area contributed by atoms with Gasteiger partial charge in [0.15, 0.2) is 5.69 Å². The number of nitrogens with zero attached hydrogens (tertiary/aromatic N) is 2. The largest absolute Gasteiger partial charge is 0.476 e. The molecular formula is C22H21N3O4. The lowest BCUT2D eigenvalue weighted by molar-refractivity contribution is -0.125. The van der Waals surface area contributed by atoms with Crippen molar-refractivity contribution in [2.45, 2.75) is 38.3 Å². The highest BCUT2D eigenvalue weighted by Crippen LogP contribution is 2.29. The summed E-state index contributed by atoms with van der Waals surface area (Å²) < 4.78 is 0.968. The number of rotatable bonds is 4. The first-order chi connectivity index (χ1) is 14.0. The number of hydrogen-bond donors (Lipinski definition) is 2. The molecule has 29 heavy (non-hydrogen) atoms. The van der Waals surface area contributed by atoms with Crippen molar-refractivity contribution < 1.29 is 14.7 Å². The minimum atomic E-state index is -1.25. The molecule has 7 heteroatoms. The third kappa shape index (κ3) is 3.40. The molecule has 1 aromatic heterocycles. The van der Waals surface area contributed by atoms with Gasteiger partial charge in [0.05, 0.1) is 11.4 Å². The number of carbonyl (C=O) groups excluding carboxylic acids is 1. The molecule has 0 bridgehead atoms. The number of aromatic nitrogens is 2. The Morgan fingerprint density at radius 3 is 2.59 bits per heavy atom. The van der Waals surface area contributed by atoms with E-state index in [4.69, 9.17) is 0 Å². The summed E-state index contributed by atoms with van der Waals surface area (Å²) in [5.74, 6) is -1.61. The summed E-state index contributed by atoms with van der Waals surface area (Å²) in [5, 5.41) is 17.0. The number of carboxylic acid groups (broad SMARTS) is 1. The van der Waals surface area contributed by atoms with E-state index >= 15 is 0 Å². The first kappa shape index (κ1) is 18.9. The molecule has 4 rings (SSSR count). The Morgan fingerprint density at radius 2 is 1.83 bits per heavy atom. The zero-order valence-corrected chi connectivity index (χ0v) is 16.0. The average Bonchev–Trinajstić information content (AvgIpc) is 2.73. The highest BCUT2D eigenvalue weighted by Gasteiger charge is 2.26. The summed E-state index contributed by atoms with van der Waals surface area (Å²) in [7, 11) is 0. The molecule has 1 amide bonds. The van der Waals surface area contributed by atoms with Gasteiger partial charge in [-0.2, -0.15) is 5.10 Å². The molecule has 2 aromatic carbocycles. The predicted octanol–water partition coefficient (Wildman–Crippen LogP) is 2.85. The quantitative estimate of drug-likeness (QED) is 0.712. The normalized spacial score (nSPS) is 16.8. The van der Waals surface area contributed by atoms with Crippen LogP contribution in [0.2, 0.25) is 0 Å². The lowest BCUT2D eigenvalue weighted by Gasteiger charge is -2.27. The Bertz CT molecular complexity index is 1170. The molecule has 148 valence electrons. The van der Waals surface area contributed by atoms with Crippen LogP contribution in [0, 0.1) is 0 Å². The van der Waals surface area contributed by atoms with E-state index in [0.717, 1.165) is 29.5 Å². The SMILES string of the molecule is C[C@H](C(=O)N[C@H]1CCCc2ccccc21)n1nc(C(=O)O)c2ccccc2c1=O. The number of hydrogen-bond acceptors (Lipinski definition) is 4. The number of aryl methyl sites for hydroxylation is 1. The molecule has 1 heterocycles. The molecular weight excluding hydrogens is 370 g/mol. The number of amides is 1. The molecule has 2 N–H and O–H groups in total. The van der Waals surface area contributed by atoms with Crippen LogP contribution in [0.25, 0.3) is 10.8 Å². The molecule has 1 aliphatic rings. The summed E-state index contributed by atoms with van der Waals surface area (Å²) in [6, 6.07) is 13.3. The van der Waals surface area contributed by atoms with Crippen molar-refractivity contribution in [2.24, 2.45) is 0 Å². The van der Waals surface area contributed by atoms with Gasteiger partial charge < -0.3 is 10.4 Å². The second kappa shape index (κ2) is 7.50. The van der Waals surface area contributed by atoms with Gasteiger partial charge in [-0.05, 0) is 43.4 Å². The fourth-order valence-electron chi connectivity index (χ4n) is 3.93. The summed E-state index contributed by atoms with van der Waals surface area (Å²) in [5.41, 5.74) is 1.57. The number of carbonyl (C=O) groups is 2. The lowest BCUT2D eigenvalue weighted by atomic mass is 9.87. The van der Waals surface area contributed by atoms with Crippen LogP contribution in [0.15, 0.2) is 53.3 Å². The van der Waals surface area contributed by atoms with Crippen LogP contribution in [-0.4, -0.2) is 26.8 Å². The fourth-order valence-corrected chi connectivity index (χ4v) is 3.93. The summed E-state index contributed by atoms with van der Waals surface area (Å²) >= 11 is 0.